The predicted octanol–water partition coefficient (Wildman–Crippen LogP) is 3.74. The number of hydrogen-bond donors (Lipinski definition) is 0. The smallest absolute Gasteiger partial charge is 0.322 e. The van der Waals surface area contributed by atoms with Gasteiger partial charge in [0.1, 0.15) is 5.78 Å². The van der Waals surface area contributed by atoms with Crippen LogP contribution >= 0.6 is 0 Å². The molecule has 24 heavy (non-hydrogen) atoms. The van der Waals surface area contributed by atoms with Gasteiger partial charge in [-0.25, -0.2) is 0 Å². The van der Waals surface area contributed by atoms with E-state index in [0.29, 0.717) is 23.0 Å². The van der Waals surface area contributed by atoms with Gasteiger partial charge in [-0.2, -0.15) is 0 Å². The third-order valence-electron chi connectivity index (χ3n) is 8.29. The van der Waals surface area contributed by atoms with Crippen LogP contribution in [0.2, 0.25) is 0 Å². The summed E-state index contributed by atoms with van der Waals surface area (Å²) in [6, 6.07) is 0. The van der Waals surface area contributed by atoms with Crippen LogP contribution in [0.15, 0.2) is 0 Å². The van der Waals surface area contributed by atoms with E-state index in [1.807, 2.05) is 5.06 Å². The summed E-state index contributed by atoms with van der Waals surface area (Å²) in [5.74, 6) is 3.01. The molecule has 0 aromatic carbocycles. The molecule has 4 rings (SSSR count). The largest absolute Gasteiger partial charge is 0.368 e. The highest BCUT2D eigenvalue weighted by molar-refractivity contribution is 5.79. The van der Waals surface area contributed by atoms with E-state index in [0.717, 1.165) is 50.5 Å². The summed E-state index contributed by atoms with van der Waals surface area (Å²) in [6.45, 7) is 7.17. The SMILES string of the molecule is CC(=O)ON1CC[C@H]2[C@@H]3CCC4CC(=O)CC[C@]4(C)[C@@H]3CC[C@@]21C. The molecule has 1 heterocycles. The fourth-order valence-electron chi connectivity index (χ4n) is 7.00. The zero-order chi connectivity index (χ0) is 17.1. The minimum atomic E-state index is -0.194. The maximum Gasteiger partial charge on any atom is 0.322 e. The fourth-order valence-corrected chi connectivity index (χ4v) is 7.00. The highest BCUT2D eigenvalue weighted by atomic mass is 16.7. The van der Waals surface area contributed by atoms with Gasteiger partial charge in [-0.1, -0.05) is 6.92 Å². The van der Waals surface area contributed by atoms with Crippen molar-refractivity contribution < 1.29 is 14.4 Å². The van der Waals surface area contributed by atoms with Crippen LogP contribution in [-0.2, 0) is 14.4 Å². The molecule has 0 radical (unpaired) electrons. The average Bonchev–Trinajstić information content (AvgIpc) is 2.84. The second kappa shape index (κ2) is 5.55. The Morgan fingerprint density at radius 1 is 1.12 bits per heavy atom. The first-order chi connectivity index (χ1) is 11.3. The van der Waals surface area contributed by atoms with E-state index in [4.69, 9.17) is 4.84 Å². The Morgan fingerprint density at radius 2 is 1.92 bits per heavy atom. The van der Waals surface area contributed by atoms with Crippen molar-refractivity contribution in [1.29, 1.82) is 0 Å². The lowest BCUT2D eigenvalue weighted by Gasteiger charge is -2.59. The molecule has 1 unspecified atom stereocenters. The van der Waals surface area contributed by atoms with Crippen LogP contribution in [-0.4, -0.2) is 28.9 Å². The van der Waals surface area contributed by atoms with E-state index in [1.165, 1.54) is 26.2 Å². The summed E-state index contributed by atoms with van der Waals surface area (Å²) in [5.41, 5.74) is 0.369. The Bertz CT molecular complexity index is 561. The number of hydroxylamine groups is 2. The van der Waals surface area contributed by atoms with Crippen molar-refractivity contribution in [3.63, 3.8) is 0 Å². The van der Waals surface area contributed by atoms with Gasteiger partial charge in [0, 0.05) is 26.3 Å². The molecule has 0 aromatic rings. The third kappa shape index (κ3) is 2.28. The van der Waals surface area contributed by atoms with Gasteiger partial charge < -0.3 is 4.84 Å². The minimum Gasteiger partial charge on any atom is -0.368 e. The van der Waals surface area contributed by atoms with Gasteiger partial charge in [0.05, 0.1) is 5.54 Å². The highest BCUT2D eigenvalue weighted by Gasteiger charge is 2.60. The minimum absolute atomic E-state index is 0.0144. The Hall–Kier alpha value is -0.900. The summed E-state index contributed by atoms with van der Waals surface area (Å²) in [4.78, 5) is 29.0. The Labute approximate surface area is 145 Å². The van der Waals surface area contributed by atoms with Gasteiger partial charge in [0.2, 0.25) is 0 Å². The number of carbonyl (C=O) groups excluding carboxylic acids is 2. The maximum absolute atomic E-state index is 11.9. The topological polar surface area (TPSA) is 46.6 Å². The van der Waals surface area contributed by atoms with Gasteiger partial charge in [0.25, 0.3) is 0 Å². The molecule has 3 saturated carbocycles. The van der Waals surface area contributed by atoms with E-state index < -0.39 is 0 Å². The first-order valence-corrected chi connectivity index (χ1v) is 9.82. The standard InChI is InChI=1S/C20H31NO3/c1-13(22)24-21-11-8-18-16-5-4-14-12-15(23)6-9-19(14,2)17(16)7-10-20(18,21)3/h14,16-18H,4-12H2,1-3H3/t14?,16-,17-,18+,19+,20+/m1/s1. The zero-order valence-electron chi connectivity index (χ0n) is 15.3. The quantitative estimate of drug-likeness (QED) is 0.733. The van der Waals surface area contributed by atoms with E-state index in [2.05, 4.69) is 13.8 Å². The van der Waals surface area contributed by atoms with Gasteiger partial charge in [-0.05, 0) is 74.5 Å². The maximum atomic E-state index is 11.9. The molecule has 0 N–H and O–H groups in total. The molecule has 4 heteroatoms. The molecule has 0 spiro atoms. The Morgan fingerprint density at radius 3 is 2.67 bits per heavy atom. The molecule has 6 atom stereocenters. The van der Waals surface area contributed by atoms with Gasteiger partial charge >= 0.3 is 5.97 Å². The number of hydrogen-bond acceptors (Lipinski definition) is 4. The molecule has 1 aliphatic heterocycles. The van der Waals surface area contributed by atoms with Gasteiger partial charge in [-0.15, -0.1) is 5.06 Å². The number of rotatable bonds is 1. The summed E-state index contributed by atoms with van der Waals surface area (Å²) in [6.07, 6.45) is 8.65. The second-order valence-electron chi connectivity index (χ2n) is 9.27. The number of nitrogens with zero attached hydrogens (tertiary/aromatic N) is 1. The lowest BCUT2D eigenvalue weighted by molar-refractivity contribution is -0.223. The van der Waals surface area contributed by atoms with Crippen LogP contribution in [0.4, 0.5) is 0 Å². The predicted molar refractivity (Wildman–Crippen MR) is 90.9 cm³/mol. The summed E-state index contributed by atoms with van der Waals surface area (Å²) in [7, 11) is 0. The zero-order valence-corrected chi connectivity index (χ0v) is 15.3. The lowest BCUT2D eigenvalue weighted by Crippen LogP contribution is -2.57. The van der Waals surface area contributed by atoms with Crippen LogP contribution in [0, 0.1) is 29.1 Å². The van der Waals surface area contributed by atoms with Crippen molar-refractivity contribution >= 4 is 11.8 Å². The number of Topliss-reactive ketones (excluding diaryl/α,β-unsaturated/α-hetero) is 1. The average molecular weight is 333 g/mol. The summed E-state index contributed by atoms with van der Waals surface area (Å²) >= 11 is 0. The molecule has 1 saturated heterocycles. The molecule has 4 fully saturated rings. The van der Waals surface area contributed by atoms with E-state index in [1.54, 1.807) is 0 Å². The van der Waals surface area contributed by atoms with Crippen molar-refractivity contribution in [3.05, 3.63) is 0 Å². The van der Waals surface area contributed by atoms with Crippen LogP contribution in [0.1, 0.15) is 72.1 Å². The van der Waals surface area contributed by atoms with Gasteiger partial charge in [0.15, 0.2) is 0 Å². The molecule has 4 nitrogen and oxygen atoms in total. The lowest BCUT2D eigenvalue weighted by atomic mass is 9.46. The highest BCUT2D eigenvalue weighted by Crippen LogP contribution is 2.63. The van der Waals surface area contributed by atoms with E-state index in [-0.39, 0.29) is 11.5 Å². The van der Waals surface area contributed by atoms with Crippen molar-refractivity contribution in [2.45, 2.75) is 77.7 Å². The van der Waals surface area contributed by atoms with E-state index in [9.17, 15) is 9.59 Å². The first-order valence-electron chi connectivity index (χ1n) is 9.82. The van der Waals surface area contributed by atoms with Crippen LogP contribution < -0.4 is 0 Å². The first kappa shape index (κ1) is 16.6. The normalized spacial score (nSPS) is 48.4. The van der Waals surface area contributed by atoms with Crippen LogP contribution in [0.5, 0.6) is 0 Å². The van der Waals surface area contributed by atoms with E-state index >= 15 is 0 Å². The van der Waals surface area contributed by atoms with Crippen molar-refractivity contribution in [3.8, 4) is 0 Å². The molecule has 0 amide bonds. The number of fused-ring (bicyclic) bond motifs is 5. The number of carbonyl (C=O) groups is 2. The van der Waals surface area contributed by atoms with Gasteiger partial charge in [-0.3, -0.25) is 9.59 Å². The van der Waals surface area contributed by atoms with Crippen molar-refractivity contribution in [2.24, 2.45) is 29.1 Å². The van der Waals surface area contributed by atoms with Crippen LogP contribution in [0.25, 0.3) is 0 Å². The molecular weight excluding hydrogens is 302 g/mol. The molecule has 4 aliphatic rings. The van der Waals surface area contributed by atoms with Crippen molar-refractivity contribution in [2.75, 3.05) is 6.54 Å². The van der Waals surface area contributed by atoms with Crippen molar-refractivity contribution in [1.82, 2.24) is 5.06 Å². The molecule has 0 bridgehead atoms. The monoisotopic (exact) mass is 333 g/mol. The second-order valence-corrected chi connectivity index (χ2v) is 9.27. The molecule has 134 valence electrons. The Kier molecular flexibility index (Phi) is 3.83. The fraction of sp³-hybridized carbons (Fsp3) is 0.900. The summed E-state index contributed by atoms with van der Waals surface area (Å²) < 4.78 is 0. The number of ketones is 1. The molecular formula is C20H31NO3. The molecule has 3 aliphatic carbocycles. The summed E-state index contributed by atoms with van der Waals surface area (Å²) in [5, 5.41) is 2.00. The Balaban J connectivity index is 1.58. The molecule has 0 aromatic heterocycles. The van der Waals surface area contributed by atoms with Crippen LogP contribution in [0.3, 0.4) is 0 Å². The third-order valence-corrected chi connectivity index (χ3v) is 8.29.